The number of aryl methyl sites for hydroxylation is 1. The maximum atomic E-state index is 13.1. The highest BCUT2D eigenvalue weighted by molar-refractivity contribution is 5.23. The summed E-state index contributed by atoms with van der Waals surface area (Å²) < 4.78 is 40.7. The second kappa shape index (κ2) is 5.40. The molecule has 2 aromatic rings. The van der Waals surface area contributed by atoms with Crippen LogP contribution in [0, 0.1) is 17.5 Å². The van der Waals surface area contributed by atoms with Crippen LogP contribution in [0.25, 0.3) is 0 Å². The molecule has 1 aromatic heterocycles. The largest absolute Gasteiger partial charge is 0.324 e. The lowest BCUT2D eigenvalue weighted by atomic mass is 10.0. The summed E-state index contributed by atoms with van der Waals surface area (Å²) in [4.78, 5) is 4.03. The Morgan fingerprint density at radius 3 is 2.47 bits per heavy atom. The Kier molecular flexibility index (Phi) is 3.84. The second-order valence-corrected chi connectivity index (χ2v) is 4.10. The van der Waals surface area contributed by atoms with E-state index in [0.29, 0.717) is 12.4 Å². The minimum atomic E-state index is -1.49. The molecule has 0 amide bonds. The van der Waals surface area contributed by atoms with Crippen LogP contribution in [0.15, 0.2) is 18.5 Å². The quantitative estimate of drug-likeness (QED) is 0.864. The second-order valence-electron chi connectivity index (χ2n) is 4.10. The lowest BCUT2D eigenvalue weighted by Gasteiger charge is -2.12. The molecular formula is C12H13F3N4. The molecule has 102 valence electrons. The first-order chi connectivity index (χ1) is 9.02. The number of halogens is 3. The molecule has 1 heterocycles. The molecule has 0 fully saturated rings. The van der Waals surface area contributed by atoms with Gasteiger partial charge in [-0.25, -0.2) is 18.2 Å². The zero-order chi connectivity index (χ0) is 14.0. The molecule has 7 heteroatoms. The molecule has 0 radical (unpaired) electrons. The lowest BCUT2D eigenvalue weighted by molar-refractivity contribution is 0.443. The van der Waals surface area contributed by atoms with Gasteiger partial charge in [-0.15, -0.1) is 0 Å². The van der Waals surface area contributed by atoms with Crippen LogP contribution in [0.3, 0.4) is 0 Å². The number of aromatic nitrogens is 3. The van der Waals surface area contributed by atoms with E-state index in [-0.39, 0.29) is 12.0 Å². The van der Waals surface area contributed by atoms with Gasteiger partial charge in [-0.3, -0.25) is 4.68 Å². The smallest absolute Gasteiger partial charge is 0.194 e. The SMILES string of the molecule is CCn1ncnc1CC(N)c1cc(F)c(F)c(F)c1. The van der Waals surface area contributed by atoms with Gasteiger partial charge in [-0.1, -0.05) is 0 Å². The van der Waals surface area contributed by atoms with E-state index in [1.807, 2.05) is 6.92 Å². The van der Waals surface area contributed by atoms with Crippen molar-refractivity contribution in [3.05, 3.63) is 47.3 Å². The Morgan fingerprint density at radius 2 is 1.89 bits per heavy atom. The molecule has 1 atom stereocenters. The summed E-state index contributed by atoms with van der Waals surface area (Å²) in [6, 6.07) is 1.12. The maximum absolute atomic E-state index is 13.1. The summed E-state index contributed by atoms with van der Waals surface area (Å²) in [6.07, 6.45) is 1.65. The summed E-state index contributed by atoms with van der Waals surface area (Å²) in [7, 11) is 0. The van der Waals surface area contributed by atoms with Crippen LogP contribution in [0.1, 0.15) is 24.4 Å². The Balaban J connectivity index is 2.23. The van der Waals surface area contributed by atoms with Crippen LogP contribution in [-0.2, 0) is 13.0 Å². The Bertz CT molecular complexity index is 559. The fourth-order valence-corrected chi connectivity index (χ4v) is 1.81. The molecule has 0 aliphatic heterocycles. The third-order valence-corrected chi connectivity index (χ3v) is 2.83. The van der Waals surface area contributed by atoms with Crippen molar-refractivity contribution in [2.45, 2.75) is 25.9 Å². The van der Waals surface area contributed by atoms with Crippen molar-refractivity contribution in [3.63, 3.8) is 0 Å². The number of benzene rings is 1. The van der Waals surface area contributed by atoms with Crippen LogP contribution >= 0.6 is 0 Å². The zero-order valence-electron chi connectivity index (χ0n) is 10.3. The molecule has 1 unspecified atom stereocenters. The molecule has 0 saturated carbocycles. The van der Waals surface area contributed by atoms with Crippen molar-refractivity contribution in [1.82, 2.24) is 14.8 Å². The third-order valence-electron chi connectivity index (χ3n) is 2.83. The minimum Gasteiger partial charge on any atom is -0.324 e. The van der Waals surface area contributed by atoms with Crippen LogP contribution in [0.5, 0.6) is 0 Å². The van der Waals surface area contributed by atoms with Gasteiger partial charge in [-0.05, 0) is 24.6 Å². The highest BCUT2D eigenvalue weighted by Crippen LogP contribution is 2.20. The van der Waals surface area contributed by atoms with E-state index in [0.717, 1.165) is 12.1 Å². The number of hydrogen-bond acceptors (Lipinski definition) is 3. The van der Waals surface area contributed by atoms with Gasteiger partial charge in [0.25, 0.3) is 0 Å². The van der Waals surface area contributed by atoms with Gasteiger partial charge in [0.15, 0.2) is 17.5 Å². The predicted octanol–water partition coefficient (Wildman–Crippen LogP) is 1.96. The summed E-state index contributed by atoms with van der Waals surface area (Å²) in [5.41, 5.74) is 6.04. The number of nitrogens with two attached hydrogens (primary N) is 1. The molecular weight excluding hydrogens is 257 g/mol. The van der Waals surface area contributed by atoms with Crippen molar-refractivity contribution in [2.24, 2.45) is 5.73 Å². The molecule has 2 N–H and O–H groups in total. The molecule has 1 aromatic carbocycles. The molecule has 0 saturated heterocycles. The van der Waals surface area contributed by atoms with Crippen molar-refractivity contribution >= 4 is 0 Å². The first kappa shape index (κ1) is 13.5. The van der Waals surface area contributed by atoms with E-state index >= 15 is 0 Å². The van der Waals surface area contributed by atoms with Crippen molar-refractivity contribution in [1.29, 1.82) is 0 Å². The normalized spacial score (nSPS) is 12.7. The van der Waals surface area contributed by atoms with E-state index < -0.39 is 23.5 Å². The van der Waals surface area contributed by atoms with Crippen molar-refractivity contribution in [3.8, 4) is 0 Å². The molecule has 0 aliphatic carbocycles. The fourth-order valence-electron chi connectivity index (χ4n) is 1.81. The molecule has 0 bridgehead atoms. The number of nitrogens with zero attached hydrogens (tertiary/aromatic N) is 3. The zero-order valence-corrected chi connectivity index (χ0v) is 10.3. The van der Waals surface area contributed by atoms with E-state index in [1.165, 1.54) is 6.33 Å². The fraction of sp³-hybridized carbons (Fsp3) is 0.333. The average molecular weight is 270 g/mol. The average Bonchev–Trinajstić information content (AvgIpc) is 2.82. The van der Waals surface area contributed by atoms with Crippen molar-refractivity contribution < 1.29 is 13.2 Å². The summed E-state index contributed by atoms with van der Waals surface area (Å²) in [6.45, 7) is 2.51. The van der Waals surface area contributed by atoms with Gasteiger partial charge in [0.05, 0.1) is 0 Å². The molecule has 19 heavy (non-hydrogen) atoms. The van der Waals surface area contributed by atoms with Gasteiger partial charge in [0, 0.05) is 19.0 Å². The minimum absolute atomic E-state index is 0.182. The summed E-state index contributed by atoms with van der Waals surface area (Å²) in [5, 5.41) is 3.97. The van der Waals surface area contributed by atoms with Crippen LogP contribution in [0.2, 0.25) is 0 Å². The summed E-state index contributed by atoms with van der Waals surface area (Å²) >= 11 is 0. The number of hydrogen-bond donors (Lipinski definition) is 1. The summed E-state index contributed by atoms with van der Waals surface area (Å²) in [5.74, 6) is -3.38. The van der Waals surface area contributed by atoms with E-state index in [1.54, 1.807) is 4.68 Å². The number of rotatable bonds is 4. The van der Waals surface area contributed by atoms with Crippen LogP contribution < -0.4 is 5.73 Å². The highest BCUT2D eigenvalue weighted by Gasteiger charge is 2.16. The predicted molar refractivity (Wildman–Crippen MR) is 62.6 cm³/mol. The van der Waals surface area contributed by atoms with E-state index in [2.05, 4.69) is 10.1 Å². The van der Waals surface area contributed by atoms with Crippen LogP contribution in [-0.4, -0.2) is 14.8 Å². The topological polar surface area (TPSA) is 56.7 Å². The molecule has 2 rings (SSSR count). The van der Waals surface area contributed by atoms with Gasteiger partial charge in [0.2, 0.25) is 0 Å². The highest BCUT2D eigenvalue weighted by atomic mass is 19.2. The van der Waals surface area contributed by atoms with Crippen molar-refractivity contribution in [2.75, 3.05) is 0 Å². The van der Waals surface area contributed by atoms with Gasteiger partial charge < -0.3 is 5.73 Å². The first-order valence-electron chi connectivity index (χ1n) is 5.79. The lowest BCUT2D eigenvalue weighted by Crippen LogP contribution is -2.17. The molecule has 0 aliphatic rings. The molecule has 4 nitrogen and oxygen atoms in total. The van der Waals surface area contributed by atoms with Crippen LogP contribution in [0.4, 0.5) is 13.2 Å². The monoisotopic (exact) mass is 270 g/mol. The van der Waals surface area contributed by atoms with Gasteiger partial charge in [-0.2, -0.15) is 5.10 Å². The third kappa shape index (κ3) is 2.76. The van der Waals surface area contributed by atoms with Gasteiger partial charge in [0.1, 0.15) is 12.2 Å². The first-order valence-corrected chi connectivity index (χ1v) is 5.79. The van der Waals surface area contributed by atoms with E-state index in [9.17, 15) is 13.2 Å². The Labute approximate surface area is 108 Å². The standard InChI is InChI=1S/C12H13F3N4/c1-2-19-11(17-6-18-19)5-10(16)7-3-8(13)12(15)9(14)4-7/h3-4,6,10H,2,5,16H2,1H3. The maximum Gasteiger partial charge on any atom is 0.194 e. The van der Waals surface area contributed by atoms with E-state index in [4.69, 9.17) is 5.73 Å². The van der Waals surface area contributed by atoms with Gasteiger partial charge >= 0.3 is 0 Å². The Morgan fingerprint density at radius 1 is 1.26 bits per heavy atom. The molecule has 0 spiro atoms. The Hall–Kier alpha value is -1.89.